The van der Waals surface area contributed by atoms with Gasteiger partial charge in [0.25, 0.3) is 0 Å². The summed E-state index contributed by atoms with van der Waals surface area (Å²) in [6.45, 7) is 13.8. The molecule has 0 fully saturated rings. The van der Waals surface area contributed by atoms with E-state index in [1.807, 2.05) is 0 Å². The average Bonchev–Trinajstić information content (AvgIpc) is 3.00. The summed E-state index contributed by atoms with van der Waals surface area (Å²) in [4.78, 5) is 0. The SMILES string of the molecule is CCCCCCCCCCCCOCCC(C)OCCOCCOCCOCCOCCOCCOCCOCCO. The van der Waals surface area contributed by atoms with Crippen LogP contribution in [0, 0.1) is 0 Å². The number of hydrogen-bond acceptors (Lipinski definition) is 10. The lowest BCUT2D eigenvalue weighted by atomic mass is 10.1. The highest BCUT2D eigenvalue weighted by Crippen LogP contribution is 2.10. The quantitative estimate of drug-likeness (QED) is 0.0978. The summed E-state index contributed by atoms with van der Waals surface area (Å²) in [5, 5.41) is 8.58. The summed E-state index contributed by atoms with van der Waals surface area (Å²) in [7, 11) is 0. The molecule has 0 bridgehead atoms. The fraction of sp³-hybridized carbons (Fsp3) is 1.00. The van der Waals surface area contributed by atoms with Crippen molar-refractivity contribution in [1.29, 1.82) is 0 Å². The van der Waals surface area contributed by atoms with Gasteiger partial charge in [-0.25, -0.2) is 0 Å². The highest BCUT2D eigenvalue weighted by Gasteiger charge is 2.02. The zero-order chi connectivity index (χ0) is 30.4. The molecule has 10 nitrogen and oxygen atoms in total. The Morgan fingerprint density at radius 1 is 0.381 bits per heavy atom. The zero-order valence-electron chi connectivity index (χ0n) is 27.2. The van der Waals surface area contributed by atoms with Gasteiger partial charge in [0, 0.05) is 13.2 Å². The third-order valence-corrected chi connectivity index (χ3v) is 6.41. The Bertz CT molecular complexity index is 473. The predicted octanol–water partition coefficient (Wildman–Crippen LogP) is 4.83. The Balaban J connectivity index is 3.12. The lowest BCUT2D eigenvalue weighted by molar-refractivity contribution is -0.0298. The van der Waals surface area contributed by atoms with E-state index in [-0.39, 0.29) is 12.7 Å². The summed E-state index contributed by atoms with van der Waals surface area (Å²) in [5.74, 6) is 0. The van der Waals surface area contributed by atoms with E-state index >= 15 is 0 Å². The Morgan fingerprint density at radius 2 is 0.714 bits per heavy atom. The first-order valence-electron chi connectivity index (χ1n) is 16.7. The first kappa shape index (κ1) is 41.6. The Hall–Kier alpha value is -0.400. The minimum absolute atomic E-state index is 0.0322. The monoisotopic (exact) mass is 610 g/mol. The molecular formula is C32H66O10. The Labute approximate surface area is 257 Å². The summed E-state index contributed by atoms with van der Waals surface area (Å²) < 4.78 is 49.4. The summed E-state index contributed by atoms with van der Waals surface area (Å²) >= 11 is 0. The van der Waals surface area contributed by atoms with Crippen LogP contribution in [0.1, 0.15) is 84.5 Å². The molecule has 0 spiro atoms. The molecule has 1 atom stereocenters. The first-order chi connectivity index (χ1) is 20.8. The van der Waals surface area contributed by atoms with Crippen molar-refractivity contribution in [1.82, 2.24) is 0 Å². The van der Waals surface area contributed by atoms with Gasteiger partial charge in [-0.2, -0.15) is 0 Å². The van der Waals surface area contributed by atoms with Crippen LogP contribution in [0.4, 0.5) is 0 Å². The molecule has 0 amide bonds. The van der Waals surface area contributed by atoms with Gasteiger partial charge in [0.2, 0.25) is 0 Å². The van der Waals surface area contributed by atoms with Gasteiger partial charge < -0.3 is 47.7 Å². The van der Waals surface area contributed by atoms with E-state index in [0.29, 0.717) is 99.1 Å². The number of rotatable bonds is 38. The van der Waals surface area contributed by atoms with E-state index in [4.69, 9.17) is 47.7 Å². The van der Waals surface area contributed by atoms with Crippen molar-refractivity contribution in [2.75, 3.05) is 119 Å². The molecule has 0 aromatic carbocycles. The maximum Gasteiger partial charge on any atom is 0.0704 e. The van der Waals surface area contributed by atoms with Crippen molar-refractivity contribution < 1.29 is 47.7 Å². The minimum atomic E-state index is 0.0322. The van der Waals surface area contributed by atoms with E-state index in [2.05, 4.69) is 13.8 Å². The van der Waals surface area contributed by atoms with Crippen LogP contribution in [-0.2, 0) is 42.6 Å². The van der Waals surface area contributed by atoms with E-state index in [1.54, 1.807) is 0 Å². The van der Waals surface area contributed by atoms with Crippen LogP contribution in [0.5, 0.6) is 0 Å². The lowest BCUT2D eigenvalue weighted by Gasteiger charge is -2.13. The fourth-order valence-electron chi connectivity index (χ4n) is 3.92. The summed E-state index contributed by atoms with van der Waals surface area (Å²) in [5.41, 5.74) is 0. The molecule has 0 saturated heterocycles. The largest absolute Gasteiger partial charge is 0.394 e. The predicted molar refractivity (Wildman–Crippen MR) is 166 cm³/mol. The van der Waals surface area contributed by atoms with Crippen LogP contribution in [0.25, 0.3) is 0 Å². The van der Waals surface area contributed by atoms with Gasteiger partial charge in [0.15, 0.2) is 0 Å². The maximum atomic E-state index is 8.58. The van der Waals surface area contributed by atoms with Gasteiger partial charge in [-0.1, -0.05) is 64.7 Å². The Morgan fingerprint density at radius 3 is 1.12 bits per heavy atom. The smallest absolute Gasteiger partial charge is 0.0704 e. The lowest BCUT2D eigenvalue weighted by Crippen LogP contribution is -2.17. The van der Waals surface area contributed by atoms with Gasteiger partial charge in [-0.05, 0) is 19.8 Å². The van der Waals surface area contributed by atoms with Crippen LogP contribution in [0.3, 0.4) is 0 Å². The molecule has 1 unspecified atom stereocenters. The highest BCUT2D eigenvalue weighted by molar-refractivity contribution is 4.51. The van der Waals surface area contributed by atoms with Gasteiger partial charge in [0.05, 0.1) is 112 Å². The van der Waals surface area contributed by atoms with Crippen LogP contribution in [0.2, 0.25) is 0 Å². The molecule has 0 rings (SSSR count). The first-order valence-corrected chi connectivity index (χ1v) is 16.7. The van der Waals surface area contributed by atoms with Crippen molar-refractivity contribution in [3.63, 3.8) is 0 Å². The molecule has 10 heteroatoms. The molecule has 42 heavy (non-hydrogen) atoms. The van der Waals surface area contributed by atoms with Crippen LogP contribution >= 0.6 is 0 Å². The van der Waals surface area contributed by atoms with E-state index in [1.165, 1.54) is 64.2 Å². The maximum absolute atomic E-state index is 8.58. The third-order valence-electron chi connectivity index (χ3n) is 6.41. The zero-order valence-corrected chi connectivity index (χ0v) is 27.2. The van der Waals surface area contributed by atoms with Crippen LogP contribution in [-0.4, -0.2) is 130 Å². The third kappa shape index (κ3) is 37.6. The number of ether oxygens (including phenoxy) is 9. The van der Waals surface area contributed by atoms with Crippen molar-refractivity contribution >= 4 is 0 Å². The van der Waals surface area contributed by atoms with Crippen molar-refractivity contribution in [2.45, 2.75) is 90.6 Å². The van der Waals surface area contributed by atoms with Gasteiger partial charge >= 0.3 is 0 Å². The number of hydrogen-bond donors (Lipinski definition) is 1. The molecule has 0 aliphatic rings. The van der Waals surface area contributed by atoms with Crippen LogP contribution < -0.4 is 0 Å². The molecule has 0 aromatic heterocycles. The second-order valence-electron chi connectivity index (χ2n) is 10.3. The van der Waals surface area contributed by atoms with E-state index in [0.717, 1.165) is 19.6 Å². The second kappa shape index (κ2) is 38.6. The molecule has 0 aliphatic carbocycles. The fourth-order valence-corrected chi connectivity index (χ4v) is 3.92. The molecular weight excluding hydrogens is 544 g/mol. The summed E-state index contributed by atoms with van der Waals surface area (Å²) in [6, 6.07) is 0. The van der Waals surface area contributed by atoms with Crippen molar-refractivity contribution in [3.05, 3.63) is 0 Å². The number of unbranched alkanes of at least 4 members (excludes halogenated alkanes) is 9. The molecule has 0 aliphatic heterocycles. The standard InChI is InChI=1S/C32H66O10/c1-3-4-5-6-7-8-9-10-11-12-15-34-16-13-32(2)42-31-30-41-29-28-40-27-26-39-25-24-38-23-22-37-21-20-36-19-18-35-17-14-33/h32-33H,3-31H2,1-2H3. The molecule has 0 heterocycles. The molecule has 1 N–H and O–H groups in total. The number of aliphatic hydroxyl groups is 1. The molecule has 0 aromatic rings. The van der Waals surface area contributed by atoms with Gasteiger partial charge in [-0.15, -0.1) is 0 Å². The van der Waals surface area contributed by atoms with Gasteiger partial charge in [0.1, 0.15) is 0 Å². The summed E-state index contributed by atoms with van der Waals surface area (Å²) in [6.07, 6.45) is 14.6. The average molecular weight is 611 g/mol. The second-order valence-corrected chi connectivity index (χ2v) is 10.3. The molecule has 254 valence electrons. The topological polar surface area (TPSA) is 103 Å². The number of aliphatic hydroxyl groups excluding tert-OH is 1. The van der Waals surface area contributed by atoms with E-state index in [9.17, 15) is 0 Å². The van der Waals surface area contributed by atoms with Crippen LogP contribution in [0.15, 0.2) is 0 Å². The minimum Gasteiger partial charge on any atom is -0.394 e. The normalized spacial score (nSPS) is 12.4. The van der Waals surface area contributed by atoms with Crippen molar-refractivity contribution in [2.24, 2.45) is 0 Å². The Kier molecular flexibility index (Phi) is 38.3. The van der Waals surface area contributed by atoms with Crippen molar-refractivity contribution in [3.8, 4) is 0 Å². The van der Waals surface area contributed by atoms with Gasteiger partial charge in [-0.3, -0.25) is 0 Å². The highest BCUT2D eigenvalue weighted by atomic mass is 16.6. The molecule has 0 radical (unpaired) electrons. The molecule has 0 saturated carbocycles. The van der Waals surface area contributed by atoms with E-state index < -0.39 is 0 Å².